The van der Waals surface area contributed by atoms with Crippen molar-refractivity contribution in [1.29, 1.82) is 5.26 Å². The number of fused-ring (bicyclic) bond motifs is 2. The Hall–Kier alpha value is -4.49. The van der Waals surface area contributed by atoms with Gasteiger partial charge in [0.15, 0.2) is 11.4 Å². The third kappa shape index (κ3) is 3.75. The molecule has 3 aromatic heterocycles. The van der Waals surface area contributed by atoms with Crippen LogP contribution in [-0.4, -0.2) is 45.1 Å². The van der Waals surface area contributed by atoms with E-state index in [-0.39, 0.29) is 11.1 Å². The minimum Gasteiger partial charge on any atom is -0.408 e. The first kappa shape index (κ1) is 22.9. The van der Waals surface area contributed by atoms with E-state index in [4.69, 9.17) is 9.40 Å². The van der Waals surface area contributed by atoms with E-state index in [1.165, 1.54) is 13.1 Å². The number of nitriles is 1. The molecule has 37 heavy (non-hydrogen) atoms. The smallest absolute Gasteiger partial charge is 0.408 e. The quantitative estimate of drug-likeness (QED) is 0.404. The van der Waals surface area contributed by atoms with Crippen LogP contribution in [0.3, 0.4) is 0 Å². The lowest BCUT2D eigenvalue weighted by Gasteiger charge is -2.33. The van der Waals surface area contributed by atoms with Crippen LogP contribution in [0, 0.1) is 17.1 Å². The van der Waals surface area contributed by atoms with Gasteiger partial charge in [-0.15, -0.1) is 0 Å². The molecule has 0 saturated carbocycles. The number of halogens is 1. The van der Waals surface area contributed by atoms with Crippen molar-refractivity contribution in [2.75, 3.05) is 25.0 Å². The highest BCUT2D eigenvalue weighted by Gasteiger charge is 2.26. The SMILES string of the molecule is CNC1CCN(c2nc(-c3ccc(C#N)cc3)c(-c3cc(F)c4c(c3)oc(=O)n4C)c3nccn23)CC1. The molecule has 1 N–H and O–H groups in total. The van der Waals surface area contributed by atoms with Crippen molar-refractivity contribution in [2.45, 2.75) is 18.9 Å². The highest BCUT2D eigenvalue weighted by Crippen LogP contribution is 2.38. The van der Waals surface area contributed by atoms with Gasteiger partial charge in [-0.2, -0.15) is 5.26 Å². The normalized spacial score (nSPS) is 14.5. The minimum absolute atomic E-state index is 0.102. The van der Waals surface area contributed by atoms with Crippen LogP contribution in [-0.2, 0) is 7.05 Å². The lowest BCUT2D eigenvalue weighted by atomic mass is 9.98. The second-order valence-electron chi connectivity index (χ2n) is 9.23. The molecule has 1 fully saturated rings. The summed E-state index contributed by atoms with van der Waals surface area (Å²) in [6.45, 7) is 1.65. The predicted octanol–water partition coefficient (Wildman–Crippen LogP) is 3.71. The topological polar surface area (TPSA) is 104 Å². The van der Waals surface area contributed by atoms with Crippen molar-refractivity contribution >= 4 is 22.7 Å². The van der Waals surface area contributed by atoms with E-state index in [1.807, 2.05) is 29.8 Å². The van der Waals surface area contributed by atoms with Crippen LogP contribution < -0.4 is 16.0 Å². The summed E-state index contributed by atoms with van der Waals surface area (Å²) in [6, 6.07) is 12.8. The van der Waals surface area contributed by atoms with Crippen molar-refractivity contribution in [3.63, 3.8) is 0 Å². The van der Waals surface area contributed by atoms with E-state index in [9.17, 15) is 10.1 Å². The largest absolute Gasteiger partial charge is 0.419 e. The Balaban J connectivity index is 1.61. The summed E-state index contributed by atoms with van der Waals surface area (Å²) >= 11 is 0. The number of hydrogen-bond donors (Lipinski definition) is 1. The van der Waals surface area contributed by atoms with E-state index in [0.29, 0.717) is 34.1 Å². The molecule has 0 unspecified atom stereocenters. The Bertz CT molecular complexity index is 1740. The maximum atomic E-state index is 15.3. The molecule has 0 spiro atoms. The fourth-order valence-electron chi connectivity index (χ4n) is 5.11. The highest BCUT2D eigenvalue weighted by molar-refractivity contribution is 5.94. The van der Waals surface area contributed by atoms with Crippen molar-refractivity contribution in [2.24, 2.45) is 7.05 Å². The third-order valence-electron chi connectivity index (χ3n) is 7.13. The number of oxazole rings is 1. The monoisotopic (exact) mass is 497 g/mol. The van der Waals surface area contributed by atoms with Crippen LogP contribution in [0.15, 0.2) is 58.0 Å². The molecule has 10 heteroatoms. The Labute approximate surface area is 211 Å². The number of piperidine rings is 1. The van der Waals surface area contributed by atoms with E-state index >= 15 is 4.39 Å². The van der Waals surface area contributed by atoms with Crippen LogP contribution >= 0.6 is 0 Å². The zero-order chi connectivity index (χ0) is 25.7. The number of anilines is 1. The van der Waals surface area contributed by atoms with Gasteiger partial charge in [0.05, 0.1) is 22.9 Å². The second-order valence-corrected chi connectivity index (χ2v) is 9.23. The van der Waals surface area contributed by atoms with E-state index in [1.54, 1.807) is 24.4 Å². The number of nitrogens with zero attached hydrogens (tertiary/aromatic N) is 6. The molecule has 0 atom stereocenters. The van der Waals surface area contributed by atoms with Crippen molar-refractivity contribution in [3.8, 4) is 28.5 Å². The van der Waals surface area contributed by atoms with Gasteiger partial charge >= 0.3 is 5.76 Å². The molecule has 0 radical (unpaired) electrons. The Morgan fingerprint density at radius 3 is 2.62 bits per heavy atom. The molecule has 0 bridgehead atoms. The lowest BCUT2D eigenvalue weighted by Crippen LogP contribution is -2.42. The van der Waals surface area contributed by atoms with E-state index in [2.05, 4.69) is 21.3 Å². The molecular formula is C27H24FN7O2. The molecule has 0 aliphatic carbocycles. The molecule has 6 rings (SSSR count). The van der Waals surface area contributed by atoms with Gasteiger partial charge in [-0.1, -0.05) is 12.1 Å². The first-order chi connectivity index (χ1) is 18.0. The Morgan fingerprint density at radius 2 is 1.92 bits per heavy atom. The number of nitrogens with one attached hydrogen (secondary N) is 1. The third-order valence-corrected chi connectivity index (χ3v) is 7.13. The summed E-state index contributed by atoms with van der Waals surface area (Å²) in [5.41, 5.74) is 3.85. The van der Waals surface area contributed by atoms with Gasteiger partial charge in [0, 0.05) is 44.1 Å². The molecule has 1 aliphatic rings. The summed E-state index contributed by atoms with van der Waals surface area (Å²) in [7, 11) is 3.45. The van der Waals surface area contributed by atoms with Crippen LogP contribution in [0.4, 0.5) is 10.3 Å². The average Bonchev–Trinajstić information content (AvgIpc) is 3.52. The lowest BCUT2D eigenvalue weighted by molar-refractivity contribution is 0.438. The molecule has 2 aromatic carbocycles. The molecule has 4 heterocycles. The maximum Gasteiger partial charge on any atom is 0.419 e. The highest BCUT2D eigenvalue weighted by atomic mass is 19.1. The van der Waals surface area contributed by atoms with E-state index < -0.39 is 11.6 Å². The molecule has 1 saturated heterocycles. The van der Waals surface area contributed by atoms with Crippen LogP contribution in [0.5, 0.6) is 0 Å². The van der Waals surface area contributed by atoms with Crippen LogP contribution in [0.2, 0.25) is 0 Å². The van der Waals surface area contributed by atoms with Gasteiger partial charge in [-0.25, -0.2) is 19.2 Å². The Kier molecular flexibility index (Phi) is 5.50. The van der Waals surface area contributed by atoms with Gasteiger partial charge < -0.3 is 14.6 Å². The summed E-state index contributed by atoms with van der Waals surface area (Å²) < 4.78 is 23.7. The fourth-order valence-corrected chi connectivity index (χ4v) is 5.11. The van der Waals surface area contributed by atoms with Gasteiger partial charge in [0.25, 0.3) is 0 Å². The summed E-state index contributed by atoms with van der Waals surface area (Å²) in [4.78, 5) is 24.1. The van der Waals surface area contributed by atoms with Gasteiger partial charge in [-0.05, 0) is 49.7 Å². The number of rotatable bonds is 4. The number of aryl methyl sites for hydroxylation is 1. The molecular weight excluding hydrogens is 473 g/mol. The van der Waals surface area contributed by atoms with Gasteiger partial charge in [0.2, 0.25) is 5.95 Å². The van der Waals surface area contributed by atoms with Gasteiger partial charge in [0.1, 0.15) is 11.2 Å². The molecule has 5 aromatic rings. The predicted molar refractivity (Wildman–Crippen MR) is 138 cm³/mol. The van der Waals surface area contributed by atoms with E-state index in [0.717, 1.165) is 42.0 Å². The standard InChI is InChI=1S/C27H24FN7O2/c1-30-19-7-10-34(11-8-19)26-32-23(17-5-3-16(15-29)4-6-17)22(25-31-9-12-35(25)26)18-13-20(28)24-21(14-18)37-27(36)33(24)2/h3-6,9,12-14,19,30H,7-8,10-11H2,1-2H3. The maximum absolute atomic E-state index is 15.3. The van der Waals surface area contributed by atoms with Crippen molar-refractivity contribution < 1.29 is 8.81 Å². The average molecular weight is 498 g/mol. The first-order valence-electron chi connectivity index (χ1n) is 12.1. The number of hydrogen-bond acceptors (Lipinski definition) is 7. The van der Waals surface area contributed by atoms with Gasteiger partial charge in [-0.3, -0.25) is 8.97 Å². The molecule has 9 nitrogen and oxygen atoms in total. The Morgan fingerprint density at radius 1 is 1.16 bits per heavy atom. The van der Waals surface area contributed by atoms with Crippen LogP contribution in [0.1, 0.15) is 18.4 Å². The van der Waals surface area contributed by atoms with Crippen molar-refractivity contribution in [3.05, 3.63) is 70.7 Å². The molecule has 0 amide bonds. The minimum atomic E-state index is -0.636. The van der Waals surface area contributed by atoms with Crippen LogP contribution in [0.25, 0.3) is 39.1 Å². The summed E-state index contributed by atoms with van der Waals surface area (Å²) in [5.74, 6) is -0.463. The fraction of sp³-hybridized carbons (Fsp3) is 0.259. The zero-order valence-electron chi connectivity index (χ0n) is 20.4. The second kappa shape index (κ2) is 8.87. The molecule has 1 aliphatic heterocycles. The first-order valence-corrected chi connectivity index (χ1v) is 12.1. The molecule has 186 valence electrons. The van der Waals surface area contributed by atoms with Crippen molar-refractivity contribution in [1.82, 2.24) is 24.3 Å². The number of imidazole rings is 1. The zero-order valence-corrected chi connectivity index (χ0v) is 20.4. The summed E-state index contributed by atoms with van der Waals surface area (Å²) in [6.07, 6.45) is 5.52. The number of aromatic nitrogens is 4. The summed E-state index contributed by atoms with van der Waals surface area (Å²) in [5, 5.41) is 12.6. The number of benzene rings is 2.